The van der Waals surface area contributed by atoms with Gasteiger partial charge in [0.25, 0.3) is 0 Å². The van der Waals surface area contributed by atoms with E-state index < -0.39 is 0 Å². The van der Waals surface area contributed by atoms with E-state index in [0.29, 0.717) is 6.04 Å². The first-order chi connectivity index (χ1) is 8.24. The van der Waals surface area contributed by atoms with Gasteiger partial charge in [0.1, 0.15) is 11.4 Å². The van der Waals surface area contributed by atoms with Gasteiger partial charge in [0.05, 0.1) is 12.3 Å². The van der Waals surface area contributed by atoms with Crippen molar-refractivity contribution in [3.8, 4) is 5.75 Å². The molecule has 0 saturated heterocycles. The SMILES string of the molecule is CCCOc1cccc2c1NCCN2C(C)C. The lowest BCUT2D eigenvalue weighted by Crippen LogP contribution is -2.39. The summed E-state index contributed by atoms with van der Waals surface area (Å²) in [5.41, 5.74) is 2.42. The molecule has 17 heavy (non-hydrogen) atoms. The van der Waals surface area contributed by atoms with Crippen LogP contribution in [0.25, 0.3) is 0 Å². The summed E-state index contributed by atoms with van der Waals surface area (Å²) >= 11 is 0. The molecule has 0 fully saturated rings. The van der Waals surface area contributed by atoms with Crippen LogP contribution >= 0.6 is 0 Å². The number of rotatable bonds is 4. The van der Waals surface area contributed by atoms with Crippen LogP contribution in [0.1, 0.15) is 27.2 Å². The van der Waals surface area contributed by atoms with Gasteiger partial charge in [-0.25, -0.2) is 0 Å². The van der Waals surface area contributed by atoms with Crippen LogP contribution in [-0.2, 0) is 0 Å². The first-order valence-corrected chi connectivity index (χ1v) is 6.50. The number of para-hydroxylation sites is 1. The summed E-state index contributed by atoms with van der Waals surface area (Å²) in [6.45, 7) is 9.41. The molecule has 0 atom stereocenters. The second kappa shape index (κ2) is 5.30. The Morgan fingerprint density at radius 3 is 2.94 bits per heavy atom. The Bertz CT molecular complexity index is 376. The number of fused-ring (bicyclic) bond motifs is 1. The molecule has 0 aliphatic carbocycles. The number of hydrogen-bond acceptors (Lipinski definition) is 3. The van der Waals surface area contributed by atoms with Crippen molar-refractivity contribution in [3.63, 3.8) is 0 Å². The van der Waals surface area contributed by atoms with E-state index in [-0.39, 0.29) is 0 Å². The van der Waals surface area contributed by atoms with Crippen molar-refractivity contribution in [2.75, 3.05) is 29.9 Å². The number of nitrogens with one attached hydrogen (secondary N) is 1. The van der Waals surface area contributed by atoms with E-state index in [1.54, 1.807) is 0 Å². The molecule has 0 bridgehead atoms. The quantitative estimate of drug-likeness (QED) is 0.866. The maximum atomic E-state index is 5.79. The lowest BCUT2D eigenvalue weighted by Gasteiger charge is -2.35. The molecule has 0 radical (unpaired) electrons. The van der Waals surface area contributed by atoms with E-state index in [1.807, 2.05) is 6.07 Å². The summed E-state index contributed by atoms with van der Waals surface area (Å²) < 4.78 is 5.79. The minimum absolute atomic E-state index is 0.525. The minimum Gasteiger partial charge on any atom is -0.491 e. The Kier molecular flexibility index (Phi) is 3.77. The Labute approximate surface area is 104 Å². The zero-order valence-electron chi connectivity index (χ0n) is 11.0. The van der Waals surface area contributed by atoms with Crippen molar-refractivity contribution in [2.24, 2.45) is 0 Å². The van der Waals surface area contributed by atoms with Crippen LogP contribution in [0.5, 0.6) is 5.75 Å². The van der Waals surface area contributed by atoms with Crippen LogP contribution in [0.15, 0.2) is 18.2 Å². The van der Waals surface area contributed by atoms with Gasteiger partial charge in [-0.3, -0.25) is 0 Å². The van der Waals surface area contributed by atoms with Crippen molar-refractivity contribution < 1.29 is 4.74 Å². The van der Waals surface area contributed by atoms with E-state index in [0.717, 1.165) is 37.6 Å². The highest BCUT2D eigenvalue weighted by atomic mass is 16.5. The molecule has 3 nitrogen and oxygen atoms in total. The van der Waals surface area contributed by atoms with E-state index in [2.05, 4.69) is 43.1 Å². The normalized spacial score (nSPS) is 14.5. The smallest absolute Gasteiger partial charge is 0.144 e. The zero-order valence-corrected chi connectivity index (χ0v) is 11.0. The third kappa shape index (κ3) is 2.48. The first kappa shape index (κ1) is 12.1. The fourth-order valence-electron chi connectivity index (χ4n) is 2.23. The summed E-state index contributed by atoms with van der Waals surface area (Å²) in [6, 6.07) is 6.81. The van der Waals surface area contributed by atoms with E-state index >= 15 is 0 Å². The molecule has 3 heteroatoms. The molecular weight excluding hydrogens is 212 g/mol. The standard InChI is InChI=1S/C14H22N2O/c1-4-10-17-13-7-5-6-12-14(13)15-8-9-16(12)11(2)3/h5-7,11,15H,4,8-10H2,1-3H3. The monoisotopic (exact) mass is 234 g/mol. The summed E-state index contributed by atoms with van der Waals surface area (Å²) in [5, 5.41) is 3.46. The van der Waals surface area contributed by atoms with Crippen LogP contribution in [0, 0.1) is 0 Å². The van der Waals surface area contributed by atoms with Gasteiger partial charge >= 0.3 is 0 Å². The van der Waals surface area contributed by atoms with Gasteiger partial charge in [0.15, 0.2) is 0 Å². The predicted octanol–water partition coefficient (Wildman–Crippen LogP) is 3.12. The fraction of sp³-hybridized carbons (Fsp3) is 0.571. The van der Waals surface area contributed by atoms with Crippen LogP contribution in [0.2, 0.25) is 0 Å². The molecule has 0 unspecified atom stereocenters. The van der Waals surface area contributed by atoms with E-state index in [4.69, 9.17) is 4.74 Å². The molecule has 0 amide bonds. The fourth-order valence-corrected chi connectivity index (χ4v) is 2.23. The molecule has 0 saturated carbocycles. The van der Waals surface area contributed by atoms with Crippen LogP contribution in [0.3, 0.4) is 0 Å². The van der Waals surface area contributed by atoms with Crippen molar-refractivity contribution in [1.29, 1.82) is 0 Å². The molecule has 0 spiro atoms. The Morgan fingerprint density at radius 2 is 2.24 bits per heavy atom. The maximum absolute atomic E-state index is 5.79. The van der Waals surface area contributed by atoms with Crippen LogP contribution in [-0.4, -0.2) is 25.7 Å². The molecule has 1 heterocycles. The summed E-state index contributed by atoms with van der Waals surface area (Å²) in [7, 11) is 0. The van der Waals surface area contributed by atoms with E-state index in [9.17, 15) is 0 Å². The van der Waals surface area contributed by atoms with Crippen LogP contribution in [0.4, 0.5) is 11.4 Å². The second-order valence-electron chi connectivity index (χ2n) is 4.71. The summed E-state index contributed by atoms with van der Waals surface area (Å²) in [6.07, 6.45) is 1.04. The maximum Gasteiger partial charge on any atom is 0.144 e. The largest absolute Gasteiger partial charge is 0.491 e. The molecule has 1 N–H and O–H groups in total. The number of benzene rings is 1. The van der Waals surface area contributed by atoms with Gasteiger partial charge in [-0.2, -0.15) is 0 Å². The van der Waals surface area contributed by atoms with Gasteiger partial charge < -0.3 is 15.0 Å². The Hall–Kier alpha value is -1.38. The zero-order chi connectivity index (χ0) is 12.3. The van der Waals surface area contributed by atoms with Crippen molar-refractivity contribution >= 4 is 11.4 Å². The molecule has 1 aliphatic heterocycles. The van der Waals surface area contributed by atoms with Crippen molar-refractivity contribution in [3.05, 3.63) is 18.2 Å². The third-order valence-corrected chi connectivity index (χ3v) is 3.05. The second-order valence-corrected chi connectivity index (χ2v) is 4.71. The number of anilines is 2. The van der Waals surface area contributed by atoms with Gasteiger partial charge in [0, 0.05) is 19.1 Å². The molecule has 94 valence electrons. The van der Waals surface area contributed by atoms with Gasteiger partial charge in [-0.1, -0.05) is 13.0 Å². The predicted molar refractivity (Wildman–Crippen MR) is 73.2 cm³/mol. The van der Waals surface area contributed by atoms with Crippen molar-refractivity contribution in [1.82, 2.24) is 0 Å². The average molecular weight is 234 g/mol. The van der Waals surface area contributed by atoms with Crippen LogP contribution < -0.4 is 15.0 Å². The number of ether oxygens (including phenoxy) is 1. The molecule has 1 aromatic carbocycles. The average Bonchev–Trinajstić information content (AvgIpc) is 2.35. The molecular formula is C14H22N2O. The van der Waals surface area contributed by atoms with Gasteiger partial charge in [0.2, 0.25) is 0 Å². The topological polar surface area (TPSA) is 24.5 Å². The highest BCUT2D eigenvalue weighted by Crippen LogP contribution is 2.38. The highest BCUT2D eigenvalue weighted by Gasteiger charge is 2.21. The lowest BCUT2D eigenvalue weighted by molar-refractivity contribution is 0.318. The Balaban J connectivity index is 2.30. The highest BCUT2D eigenvalue weighted by molar-refractivity contribution is 5.78. The van der Waals surface area contributed by atoms with Crippen molar-refractivity contribution in [2.45, 2.75) is 33.2 Å². The molecule has 2 rings (SSSR count). The number of hydrogen-bond donors (Lipinski definition) is 1. The Morgan fingerprint density at radius 1 is 1.41 bits per heavy atom. The van der Waals surface area contributed by atoms with E-state index in [1.165, 1.54) is 5.69 Å². The van der Waals surface area contributed by atoms with Gasteiger partial charge in [-0.05, 0) is 32.4 Å². The van der Waals surface area contributed by atoms with Gasteiger partial charge in [-0.15, -0.1) is 0 Å². The molecule has 1 aromatic rings. The molecule has 1 aliphatic rings. The summed E-state index contributed by atoms with van der Waals surface area (Å²) in [5.74, 6) is 0.981. The number of nitrogens with zero attached hydrogens (tertiary/aromatic N) is 1. The third-order valence-electron chi connectivity index (χ3n) is 3.05. The minimum atomic E-state index is 0.525. The summed E-state index contributed by atoms with van der Waals surface area (Å²) in [4.78, 5) is 2.42. The first-order valence-electron chi connectivity index (χ1n) is 6.50. The lowest BCUT2D eigenvalue weighted by atomic mass is 10.1. The molecule has 0 aromatic heterocycles.